The molecule has 0 aromatic heterocycles. The number of anilines is 1. The highest BCUT2D eigenvalue weighted by Gasteiger charge is 2.36. The lowest BCUT2D eigenvalue weighted by Crippen LogP contribution is -2.48. The SMILES string of the molecule is COc1ccc(-c2ccc(N(C(C(=O)OC(C)(C)C)C(C)C)S(=O)O)cc2)cc1. The first-order chi connectivity index (χ1) is 13.5. The van der Waals surface area contributed by atoms with Crippen molar-refractivity contribution in [1.82, 2.24) is 0 Å². The second kappa shape index (κ2) is 9.41. The van der Waals surface area contributed by atoms with Crippen LogP contribution in [0.4, 0.5) is 5.69 Å². The maximum Gasteiger partial charge on any atom is 0.330 e. The van der Waals surface area contributed by atoms with Crippen LogP contribution < -0.4 is 9.04 Å². The molecule has 0 radical (unpaired) electrons. The topological polar surface area (TPSA) is 76.1 Å². The van der Waals surface area contributed by atoms with E-state index < -0.39 is 28.9 Å². The van der Waals surface area contributed by atoms with E-state index in [-0.39, 0.29) is 5.92 Å². The van der Waals surface area contributed by atoms with Crippen LogP contribution in [0.2, 0.25) is 0 Å². The Balaban J connectivity index is 2.35. The van der Waals surface area contributed by atoms with Gasteiger partial charge in [-0.3, -0.25) is 8.86 Å². The summed E-state index contributed by atoms with van der Waals surface area (Å²) in [7, 11) is 1.61. The van der Waals surface area contributed by atoms with Crippen LogP contribution in [0.3, 0.4) is 0 Å². The molecule has 1 N–H and O–H groups in total. The van der Waals surface area contributed by atoms with Gasteiger partial charge in [-0.05, 0) is 62.1 Å². The fraction of sp³-hybridized carbons (Fsp3) is 0.409. The number of methoxy groups -OCH3 is 1. The highest BCUT2D eigenvalue weighted by atomic mass is 32.2. The summed E-state index contributed by atoms with van der Waals surface area (Å²) in [5.41, 5.74) is 1.71. The largest absolute Gasteiger partial charge is 0.497 e. The minimum absolute atomic E-state index is 0.234. The molecule has 158 valence electrons. The molecule has 0 amide bonds. The summed E-state index contributed by atoms with van der Waals surface area (Å²) < 4.78 is 34.0. The molecule has 0 saturated heterocycles. The normalized spacial score (nSPS) is 13.7. The molecule has 29 heavy (non-hydrogen) atoms. The van der Waals surface area contributed by atoms with Crippen LogP contribution >= 0.6 is 0 Å². The molecular weight excluding hydrogens is 390 g/mol. The van der Waals surface area contributed by atoms with Crippen LogP contribution in [0.1, 0.15) is 34.6 Å². The van der Waals surface area contributed by atoms with Crippen molar-refractivity contribution in [3.05, 3.63) is 48.5 Å². The zero-order valence-corrected chi connectivity index (χ0v) is 18.5. The maximum atomic E-state index is 12.7. The number of rotatable bonds is 7. The summed E-state index contributed by atoms with van der Waals surface area (Å²) in [6.07, 6.45) is 0. The Kier molecular flexibility index (Phi) is 7.43. The number of nitrogens with zero attached hydrogens (tertiary/aromatic N) is 1. The van der Waals surface area contributed by atoms with E-state index in [2.05, 4.69) is 0 Å². The van der Waals surface area contributed by atoms with Crippen molar-refractivity contribution in [3.63, 3.8) is 0 Å². The molecule has 0 aliphatic rings. The van der Waals surface area contributed by atoms with Gasteiger partial charge in [-0.25, -0.2) is 9.00 Å². The molecule has 0 spiro atoms. The highest BCUT2D eigenvalue weighted by Crippen LogP contribution is 2.29. The minimum Gasteiger partial charge on any atom is -0.497 e. The minimum atomic E-state index is -2.39. The van der Waals surface area contributed by atoms with Gasteiger partial charge < -0.3 is 9.47 Å². The first-order valence-corrected chi connectivity index (χ1v) is 10.5. The van der Waals surface area contributed by atoms with Gasteiger partial charge in [0.1, 0.15) is 17.4 Å². The van der Waals surface area contributed by atoms with Gasteiger partial charge in [0, 0.05) is 0 Å². The number of esters is 1. The second-order valence-electron chi connectivity index (χ2n) is 8.05. The van der Waals surface area contributed by atoms with E-state index in [4.69, 9.17) is 9.47 Å². The van der Waals surface area contributed by atoms with Crippen molar-refractivity contribution in [1.29, 1.82) is 0 Å². The molecule has 0 aliphatic heterocycles. The smallest absolute Gasteiger partial charge is 0.330 e. The Morgan fingerprint density at radius 2 is 1.48 bits per heavy atom. The number of ether oxygens (including phenoxy) is 2. The van der Waals surface area contributed by atoms with Crippen molar-refractivity contribution in [2.75, 3.05) is 11.4 Å². The van der Waals surface area contributed by atoms with Crippen LogP contribution in [-0.2, 0) is 20.8 Å². The number of carbonyl (C=O) groups is 1. The van der Waals surface area contributed by atoms with E-state index in [0.717, 1.165) is 16.9 Å². The first-order valence-electron chi connectivity index (χ1n) is 9.41. The van der Waals surface area contributed by atoms with E-state index in [0.29, 0.717) is 5.69 Å². The summed E-state index contributed by atoms with van der Waals surface area (Å²) in [4.78, 5) is 12.7. The molecule has 2 rings (SSSR count). The summed E-state index contributed by atoms with van der Waals surface area (Å²) >= 11 is -2.39. The number of benzene rings is 2. The van der Waals surface area contributed by atoms with Crippen LogP contribution in [0.25, 0.3) is 11.1 Å². The molecule has 7 heteroatoms. The quantitative estimate of drug-likeness (QED) is 0.521. The van der Waals surface area contributed by atoms with Crippen molar-refractivity contribution in [3.8, 4) is 16.9 Å². The molecule has 0 bridgehead atoms. The number of carbonyl (C=O) groups excluding carboxylic acids is 1. The van der Waals surface area contributed by atoms with E-state index in [1.165, 1.54) is 4.31 Å². The molecule has 2 aromatic rings. The van der Waals surface area contributed by atoms with E-state index in [1.807, 2.05) is 50.2 Å². The van der Waals surface area contributed by atoms with Crippen LogP contribution in [0.15, 0.2) is 48.5 Å². The standard InChI is InChI=1S/C22H29NO5S/c1-15(2)20(21(24)28-22(3,4)5)23(29(25)26)18-11-7-16(8-12-18)17-9-13-19(27-6)14-10-17/h7-15,20H,1-6H3,(H,25,26). The summed E-state index contributed by atoms with van der Waals surface area (Å²) in [6.45, 7) is 8.95. The van der Waals surface area contributed by atoms with Gasteiger partial charge in [-0.15, -0.1) is 0 Å². The molecule has 0 heterocycles. The Morgan fingerprint density at radius 1 is 1.00 bits per heavy atom. The molecule has 0 fully saturated rings. The molecule has 2 unspecified atom stereocenters. The molecule has 2 aromatic carbocycles. The lowest BCUT2D eigenvalue weighted by Gasteiger charge is -2.33. The maximum absolute atomic E-state index is 12.7. The Bertz CT molecular complexity index is 841. The summed E-state index contributed by atoms with van der Waals surface area (Å²) in [6, 6.07) is 13.9. The fourth-order valence-corrected chi connectivity index (χ4v) is 3.76. The van der Waals surface area contributed by atoms with Gasteiger partial charge in [0.2, 0.25) is 0 Å². The Hall–Kier alpha value is -2.38. The molecule has 0 saturated carbocycles. The van der Waals surface area contributed by atoms with E-state index in [1.54, 1.807) is 40.0 Å². The predicted molar refractivity (Wildman–Crippen MR) is 116 cm³/mol. The third kappa shape index (κ3) is 6.05. The van der Waals surface area contributed by atoms with Crippen LogP contribution in [0.5, 0.6) is 5.75 Å². The van der Waals surface area contributed by atoms with Crippen molar-refractivity contribution in [2.45, 2.75) is 46.3 Å². The lowest BCUT2D eigenvalue weighted by molar-refractivity contribution is -0.157. The predicted octanol–water partition coefficient (Wildman–Crippen LogP) is 4.67. The van der Waals surface area contributed by atoms with E-state index >= 15 is 0 Å². The van der Waals surface area contributed by atoms with Gasteiger partial charge in [0.05, 0.1) is 12.8 Å². The Labute approximate surface area is 175 Å². The van der Waals surface area contributed by atoms with Crippen LogP contribution in [-0.4, -0.2) is 33.5 Å². The monoisotopic (exact) mass is 419 g/mol. The molecule has 6 nitrogen and oxygen atoms in total. The Morgan fingerprint density at radius 3 is 1.86 bits per heavy atom. The van der Waals surface area contributed by atoms with Crippen molar-refractivity contribution < 1.29 is 23.0 Å². The van der Waals surface area contributed by atoms with Crippen molar-refractivity contribution >= 4 is 22.9 Å². The van der Waals surface area contributed by atoms with Crippen molar-refractivity contribution in [2.24, 2.45) is 5.92 Å². The number of hydrogen-bond donors (Lipinski definition) is 1. The zero-order chi connectivity index (χ0) is 21.8. The zero-order valence-electron chi connectivity index (χ0n) is 17.7. The average molecular weight is 420 g/mol. The molecular formula is C22H29NO5S. The first kappa shape index (κ1) is 22.9. The second-order valence-corrected chi connectivity index (χ2v) is 8.91. The molecule has 0 aliphatic carbocycles. The van der Waals surface area contributed by atoms with Crippen LogP contribution in [0, 0.1) is 5.92 Å². The lowest BCUT2D eigenvalue weighted by atomic mass is 10.0. The average Bonchev–Trinajstić information content (AvgIpc) is 2.64. The third-order valence-electron chi connectivity index (χ3n) is 4.25. The highest BCUT2D eigenvalue weighted by molar-refractivity contribution is 7.80. The summed E-state index contributed by atoms with van der Waals surface area (Å²) in [5, 5.41) is 0. The van der Waals surface area contributed by atoms with Gasteiger partial charge in [-0.1, -0.05) is 38.1 Å². The van der Waals surface area contributed by atoms with E-state index in [9.17, 15) is 13.6 Å². The third-order valence-corrected chi connectivity index (χ3v) is 5.02. The number of hydrogen-bond acceptors (Lipinski definition) is 4. The summed E-state index contributed by atoms with van der Waals surface area (Å²) in [5.74, 6) is 0.000652. The fourth-order valence-electron chi connectivity index (χ4n) is 2.93. The van der Waals surface area contributed by atoms with Gasteiger partial charge >= 0.3 is 5.97 Å². The van der Waals surface area contributed by atoms with Gasteiger partial charge in [0.15, 0.2) is 0 Å². The van der Waals surface area contributed by atoms with Gasteiger partial charge in [-0.2, -0.15) is 0 Å². The van der Waals surface area contributed by atoms with Gasteiger partial charge in [0.25, 0.3) is 11.3 Å². The molecule has 2 atom stereocenters.